The lowest BCUT2D eigenvalue weighted by Gasteiger charge is -2.15. The first-order chi connectivity index (χ1) is 9.15. The number of hydrogen-bond acceptors (Lipinski definition) is 7. The average molecular weight is 262 g/mol. The van der Waals surface area contributed by atoms with Crippen molar-refractivity contribution in [1.29, 1.82) is 0 Å². The Bertz CT molecular complexity index is 553. The second kappa shape index (κ2) is 5.66. The maximum absolute atomic E-state index is 5.49. The smallest absolute Gasteiger partial charge is 0.216 e. The first-order valence-corrected chi connectivity index (χ1v) is 6.15. The van der Waals surface area contributed by atoms with Crippen LogP contribution in [0.4, 0.5) is 11.6 Å². The van der Waals surface area contributed by atoms with Gasteiger partial charge < -0.3 is 15.2 Å². The summed E-state index contributed by atoms with van der Waals surface area (Å²) in [6.07, 6.45) is 3.92. The van der Waals surface area contributed by atoms with E-state index >= 15 is 0 Å². The van der Waals surface area contributed by atoms with E-state index in [0.717, 1.165) is 23.6 Å². The highest BCUT2D eigenvalue weighted by Crippen LogP contribution is 2.24. The summed E-state index contributed by atoms with van der Waals surface area (Å²) < 4.78 is 5.49. The molecule has 4 N–H and O–H groups in total. The van der Waals surface area contributed by atoms with Crippen LogP contribution in [0.3, 0.4) is 0 Å². The molecule has 0 aliphatic carbocycles. The minimum absolute atomic E-state index is 0.0838. The van der Waals surface area contributed by atoms with E-state index in [4.69, 9.17) is 10.3 Å². The van der Waals surface area contributed by atoms with E-state index in [2.05, 4.69) is 25.7 Å². The Kier molecular flexibility index (Phi) is 3.96. The molecule has 19 heavy (non-hydrogen) atoms. The van der Waals surface area contributed by atoms with E-state index < -0.39 is 0 Å². The number of anilines is 2. The van der Waals surface area contributed by atoms with Gasteiger partial charge in [-0.1, -0.05) is 6.92 Å². The predicted octanol–water partition coefficient (Wildman–Crippen LogP) is 1.79. The van der Waals surface area contributed by atoms with Crippen molar-refractivity contribution in [3.63, 3.8) is 0 Å². The Morgan fingerprint density at radius 2 is 2.05 bits per heavy atom. The molecule has 1 unspecified atom stereocenters. The van der Waals surface area contributed by atoms with Gasteiger partial charge in [0, 0.05) is 5.56 Å². The maximum atomic E-state index is 5.49. The molecule has 2 heterocycles. The number of rotatable bonds is 5. The van der Waals surface area contributed by atoms with E-state index in [-0.39, 0.29) is 6.04 Å². The first-order valence-electron chi connectivity index (χ1n) is 6.15. The van der Waals surface area contributed by atoms with Crippen molar-refractivity contribution in [2.24, 2.45) is 5.84 Å². The van der Waals surface area contributed by atoms with Crippen LogP contribution < -0.4 is 16.6 Å². The SMILES string of the molecule is CCc1c(NN)ncnc1NC(C)c1ncc(C)o1. The zero-order valence-electron chi connectivity index (χ0n) is 11.3. The summed E-state index contributed by atoms with van der Waals surface area (Å²) in [5.41, 5.74) is 3.50. The van der Waals surface area contributed by atoms with Gasteiger partial charge in [0.1, 0.15) is 29.8 Å². The van der Waals surface area contributed by atoms with Crippen LogP contribution in [0.25, 0.3) is 0 Å². The van der Waals surface area contributed by atoms with E-state index in [1.165, 1.54) is 6.33 Å². The number of aryl methyl sites for hydroxylation is 1. The summed E-state index contributed by atoms with van der Waals surface area (Å²) >= 11 is 0. The molecule has 0 radical (unpaired) electrons. The number of nitrogens with zero attached hydrogens (tertiary/aromatic N) is 3. The van der Waals surface area contributed by atoms with Crippen molar-refractivity contribution >= 4 is 11.6 Å². The minimum atomic E-state index is -0.0838. The predicted molar refractivity (Wildman–Crippen MR) is 72.5 cm³/mol. The topological polar surface area (TPSA) is 102 Å². The largest absolute Gasteiger partial charge is 0.444 e. The third kappa shape index (κ3) is 2.82. The minimum Gasteiger partial charge on any atom is -0.444 e. The zero-order valence-corrected chi connectivity index (χ0v) is 11.3. The molecule has 2 rings (SSSR count). The Labute approximate surface area is 111 Å². The molecular weight excluding hydrogens is 244 g/mol. The highest BCUT2D eigenvalue weighted by atomic mass is 16.4. The highest BCUT2D eigenvalue weighted by Gasteiger charge is 2.15. The molecule has 0 bridgehead atoms. The molecule has 0 saturated carbocycles. The molecular formula is C12H18N6O. The fourth-order valence-electron chi connectivity index (χ4n) is 1.84. The van der Waals surface area contributed by atoms with Gasteiger partial charge in [0.2, 0.25) is 5.89 Å². The normalized spacial score (nSPS) is 12.2. The van der Waals surface area contributed by atoms with E-state index in [9.17, 15) is 0 Å². The molecule has 0 fully saturated rings. The fraction of sp³-hybridized carbons (Fsp3) is 0.417. The van der Waals surface area contributed by atoms with Crippen molar-refractivity contribution in [2.45, 2.75) is 33.2 Å². The van der Waals surface area contributed by atoms with Crippen molar-refractivity contribution in [3.05, 3.63) is 29.7 Å². The van der Waals surface area contributed by atoms with Crippen LogP contribution in [0.15, 0.2) is 16.9 Å². The summed E-state index contributed by atoms with van der Waals surface area (Å²) in [6.45, 7) is 5.84. The lowest BCUT2D eigenvalue weighted by molar-refractivity contribution is 0.453. The Morgan fingerprint density at radius 3 is 2.63 bits per heavy atom. The van der Waals surface area contributed by atoms with E-state index in [0.29, 0.717) is 11.7 Å². The van der Waals surface area contributed by atoms with Gasteiger partial charge in [0.25, 0.3) is 0 Å². The zero-order chi connectivity index (χ0) is 13.8. The molecule has 0 aliphatic rings. The van der Waals surface area contributed by atoms with Gasteiger partial charge in [-0.2, -0.15) is 0 Å². The van der Waals surface area contributed by atoms with Gasteiger partial charge >= 0.3 is 0 Å². The molecule has 102 valence electrons. The summed E-state index contributed by atoms with van der Waals surface area (Å²) in [4.78, 5) is 12.5. The Morgan fingerprint density at radius 1 is 1.32 bits per heavy atom. The summed E-state index contributed by atoms with van der Waals surface area (Å²) in [7, 11) is 0. The Hall–Kier alpha value is -2.15. The van der Waals surface area contributed by atoms with Gasteiger partial charge in [-0.05, 0) is 20.3 Å². The van der Waals surface area contributed by atoms with Crippen molar-refractivity contribution in [1.82, 2.24) is 15.0 Å². The average Bonchev–Trinajstić information content (AvgIpc) is 2.85. The number of oxazole rings is 1. The van der Waals surface area contributed by atoms with Gasteiger partial charge in [-0.25, -0.2) is 20.8 Å². The number of nitrogen functional groups attached to an aromatic ring is 1. The third-order valence-electron chi connectivity index (χ3n) is 2.80. The Balaban J connectivity index is 2.23. The van der Waals surface area contributed by atoms with Crippen molar-refractivity contribution in [2.75, 3.05) is 10.7 Å². The monoisotopic (exact) mass is 262 g/mol. The van der Waals surface area contributed by atoms with Gasteiger partial charge in [0.05, 0.1) is 6.20 Å². The maximum Gasteiger partial charge on any atom is 0.216 e. The lowest BCUT2D eigenvalue weighted by atomic mass is 10.2. The highest BCUT2D eigenvalue weighted by molar-refractivity contribution is 5.57. The molecule has 0 spiro atoms. The molecule has 0 aromatic carbocycles. The number of nitrogens with one attached hydrogen (secondary N) is 2. The number of aromatic nitrogens is 3. The van der Waals surface area contributed by atoms with Crippen LogP contribution in [0.1, 0.15) is 37.1 Å². The molecule has 0 saturated heterocycles. The van der Waals surface area contributed by atoms with Crippen molar-refractivity contribution < 1.29 is 4.42 Å². The second-order valence-corrected chi connectivity index (χ2v) is 4.22. The fourth-order valence-corrected chi connectivity index (χ4v) is 1.84. The summed E-state index contributed by atoms with van der Waals surface area (Å²) in [5, 5.41) is 3.26. The van der Waals surface area contributed by atoms with E-state index in [1.807, 2.05) is 20.8 Å². The molecule has 0 aliphatic heterocycles. The molecule has 0 amide bonds. The lowest BCUT2D eigenvalue weighted by Crippen LogP contribution is -2.15. The standard InChI is InChI=1S/C12H18N6O/c1-4-9-10(15-6-16-11(9)18-13)17-8(3)12-14-5-7(2)19-12/h5-6,8H,4,13H2,1-3H3,(H2,15,16,17,18). The molecule has 7 nitrogen and oxygen atoms in total. The van der Waals surface area contributed by atoms with E-state index in [1.54, 1.807) is 6.20 Å². The van der Waals surface area contributed by atoms with Crippen LogP contribution >= 0.6 is 0 Å². The molecule has 2 aromatic rings. The molecule has 1 atom stereocenters. The summed E-state index contributed by atoms with van der Waals surface area (Å²) in [5.74, 6) is 8.20. The van der Waals surface area contributed by atoms with Crippen LogP contribution in [0.5, 0.6) is 0 Å². The van der Waals surface area contributed by atoms with Crippen LogP contribution in [-0.4, -0.2) is 15.0 Å². The number of hydrazine groups is 1. The number of nitrogens with two attached hydrogens (primary N) is 1. The molecule has 2 aromatic heterocycles. The third-order valence-corrected chi connectivity index (χ3v) is 2.80. The molecule has 7 heteroatoms. The first kappa shape index (κ1) is 13.3. The van der Waals surface area contributed by atoms with Gasteiger partial charge in [-0.3, -0.25) is 0 Å². The summed E-state index contributed by atoms with van der Waals surface area (Å²) in [6, 6.07) is -0.0838. The van der Waals surface area contributed by atoms with Gasteiger partial charge in [0.15, 0.2) is 0 Å². The van der Waals surface area contributed by atoms with Crippen LogP contribution in [0, 0.1) is 6.92 Å². The van der Waals surface area contributed by atoms with Gasteiger partial charge in [-0.15, -0.1) is 0 Å². The quantitative estimate of drug-likeness (QED) is 0.557. The van der Waals surface area contributed by atoms with Crippen LogP contribution in [0.2, 0.25) is 0 Å². The van der Waals surface area contributed by atoms with Crippen molar-refractivity contribution in [3.8, 4) is 0 Å². The number of hydrogen-bond donors (Lipinski definition) is 3. The second-order valence-electron chi connectivity index (χ2n) is 4.22. The van der Waals surface area contributed by atoms with Crippen LogP contribution in [-0.2, 0) is 6.42 Å².